The molecule has 2 aromatic carbocycles. The third-order valence-electron chi connectivity index (χ3n) is 7.04. The van der Waals surface area contributed by atoms with Gasteiger partial charge in [0.2, 0.25) is 0 Å². The average molecular weight is 396 g/mol. The minimum Gasteiger partial charge on any atom is -0.389 e. The number of benzene rings is 2. The molecule has 0 bridgehead atoms. The molecule has 3 rings (SSSR count). The largest absolute Gasteiger partial charge is 0.389 e. The zero-order valence-electron chi connectivity index (χ0n) is 19.0. The van der Waals surface area contributed by atoms with Crippen LogP contribution in [0, 0.1) is 11.8 Å². The van der Waals surface area contributed by atoms with E-state index >= 15 is 0 Å². The fourth-order valence-electron chi connectivity index (χ4n) is 4.85. The normalized spacial score (nSPS) is 29.5. The summed E-state index contributed by atoms with van der Waals surface area (Å²) in [5, 5.41) is 15.6. The molecule has 1 heterocycles. The van der Waals surface area contributed by atoms with E-state index in [-0.39, 0.29) is 23.9 Å². The number of piperidine rings is 1. The van der Waals surface area contributed by atoms with Crippen molar-refractivity contribution >= 4 is 11.4 Å². The molecule has 2 N–H and O–H groups in total. The van der Waals surface area contributed by atoms with Crippen LogP contribution in [0.15, 0.2) is 48.5 Å². The van der Waals surface area contributed by atoms with Gasteiger partial charge in [0.25, 0.3) is 0 Å². The highest BCUT2D eigenvalue weighted by Gasteiger charge is 2.50. The van der Waals surface area contributed by atoms with Crippen LogP contribution in [-0.2, 0) is 0 Å². The molecule has 0 aliphatic carbocycles. The molecule has 2 aromatic rings. The van der Waals surface area contributed by atoms with Gasteiger partial charge in [-0.25, -0.2) is 0 Å². The summed E-state index contributed by atoms with van der Waals surface area (Å²) in [6.07, 6.45) is 0.746. The lowest BCUT2D eigenvalue weighted by molar-refractivity contribution is -0.113. The van der Waals surface area contributed by atoms with Gasteiger partial charge in [-0.3, -0.25) is 0 Å². The lowest BCUT2D eigenvalue weighted by atomic mass is 9.65. The summed E-state index contributed by atoms with van der Waals surface area (Å²) in [5.41, 5.74) is 4.12. The minimum atomic E-state index is -0.721. The standard InChI is InChI=1S/C25H37N3O/c1-8-25(29)17(2)23(19-9-13-21(14-10-19)27(4)5)26-24(18(25)3)20-11-15-22(16-12-20)28(6)7/h9-18,23-24,26,29H,8H2,1-7H3/t17-,18-,23-,24-/m0/s1. The van der Waals surface area contributed by atoms with Crippen molar-refractivity contribution in [2.24, 2.45) is 11.8 Å². The Bertz CT molecular complexity index is 734. The van der Waals surface area contributed by atoms with Gasteiger partial charge in [-0.2, -0.15) is 0 Å². The Morgan fingerprint density at radius 1 is 0.759 bits per heavy atom. The van der Waals surface area contributed by atoms with Crippen molar-refractivity contribution in [2.45, 2.75) is 44.9 Å². The fraction of sp³-hybridized carbons (Fsp3) is 0.520. The SMILES string of the molecule is CCC1(O)[C@@H](C)[C@@H](c2ccc(N(C)C)cc2)N[C@H](c2ccc(N(C)C)cc2)[C@@H]1C. The summed E-state index contributed by atoms with van der Waals surface area (Å²) in [5.74, 6) is 0.231. The van der Waals surface area contributed by atoms with Crippen LogP contribution in [0.1, 0.15) is 50.4 Å². The number of hydrogen-bond acceptors (Lipinski definition) is 4. The molecule has 4 nitrogen and oxygen atoms in total. The zero-order chi connectivity index (χ0) is 21.3. The van der Waals surface area contributed by atoms with E-state index in [1.165, 1.54) is 22.5 Å². The number of hydrogen-bond donors (Lipinski definition) is 2. The number of anilines is 2. The summed E-state index contributed by atoms with van der Waals surface area (Å²) >= 11 is 0. The molecule has 0 spiro atoms. The first-order chi connectivity index (χ1) is 13.7. The van der Waals surface area contributed by atoms with Gasteiger partial charge in [-0.1, -0.05) is 45.0 Å². The smallest absolute Gasteiger partial charge is 0.0732 e. The predicted octanol–water partition coefficient (Wildman–Crippen LogP) is 4.62. The molecule has 1 saturated heterocycles. The predicted molar refractivity (Wildman–Crippen MR) is 124 cm³/mol. The van der Waals surface area contributed by atoms with Gasteiger partial charge in [0.15, 0.2) is 0 Å². The van der Waals surface area contributed by atoms with Crippen LogP contribution in [0.2, 0.25) is 0 Å². The average Bonchev–Trinajstić information content (AvgIpc) is 2.72. The Labute approximate surface area is 176 Å². The Balaban J connectivity index is 1.97. The van der Waals surface area contributed by atoms with E-state index in [1.54, 1.807) is 0 Å². The van der Waals surface area contributed by atoms with Crippen LogP contribution in [0.4, 0.5) is 11.4 Å². The van der Waals surface area contributed by atoms with Gasteiger partial charge in [0.1, 0.15) is 0 Å². The summed E-state index contributed by atoms with van der Waals surface area (Å²) < 4.78 is 0. The number of rotatable bonds is 5. The molecular weight excluding hydrogens is 358 g/mol. The second-order valence-corrected chi connectivity index (χ2v) is 9.02. The van der Waals surface area contributed by atoms with Crippen LogP contribution in [0.25, 0.3) is 0 Å². The monoisotopic (exact) mass is 395 g/mol. The van der Waals surface area contributed by atoms with Crippen molar-refractivity contribution in [3.8, 4) is 0 Å². The van der Waals surface area contributed by atoms with E-state index in [9.17, 15) is 5.11 Å². The van der Waals surface area contributed by atoms with Crippen LogP contribution < -0.4 is 15.1 Å². The van der Waals surface area contributed by atoms with Crippen molar-refractivity contribution in [1.29, 1.82) is 0 Å². The quantitative estimate of drug-likeness (QED) is 0.775. The van der Waals surface area contributed by atoms with E-state index in [0.29, 0.717) is 0 Å². The van der Waals surface area contributed by atoms with Crippen molar-refractivity contribution < 1.29 is 5.11 Å². The molecule has 1 aliphatic heterocycles. The van der Waals surface area contributed by atoms with Gasteiger partial charge in [-0.05, 0) is 41.8 Å². The van der Waals surface area contributed by atoms with Crippen LogP contribution in [0.3, 0.4) is 0 Å². The van der Waals surface area contributed by atoms with E-state index in [4.69, 9.17) is 0 Å². The molecule has 0 saturated carbocycles. The molecule has 0 aromatic heterocycles. The number of nitrogens with one attached hydrogen (secondary N) is 1. The molecule has 0 amide bonds. The van der Waals surface area contributed by atoms with E-state index in [1.807, 2.05) is 0 Å². The Kier molecular flexibility index (Phi) is 6.25. The fourth-order valence-corrected chi connectivity index (χ4v) is 4.85. The third-order valence-corrected chi connectivity index (χ3v) is 7.04. The molecule has 4 atom stereocenters. The van der Waals surface area contributed by atoms with Crippen molar-refractivity contribution in [3.05, 3.63) is 59.7 Å². The molecule has 4 heteroatoms. The van der Waals surface area contributed by atoms with Crippen molar-refractivity contribution in [1.82, 2.24) is 5.32 Å². The third kappa shape index (κ3) is 4.01. The first kappa shape index (κ1) is 21.7. The van der Waals surface area contributed by atoms with Crippen molar-refractivity contribution in [2.75, 3.05) is 38.0 Å². The Hall–Kier alpha value is -2.04. The van der Waals surface area contributed by atoms with Crippen LogP contribution >= 0.6 is 0 Å². The summed E-state index contributed by atoms with van der Waals surface area (Å²) in [4.78, 5) is 4.22. The highest BCUT2D eigenvalue weighted by molar-refractivity contribution is 5.48. The lowest BCUT2D eigenvalue weighted by Crippen LogP contribution is -2.57. The summed E-state index contributed by atoms with van der Waals surface area (Å²) in [6, 6.07) is 17.6. The van der Waals surface area contributed by atoms with Crippen LogP contribution in [0.5, 0.6) is 0 Å². The van der Waals surface area contributed by atoms with E-state index in [2.05, 4.69) is 113 Å². The van der Waals surface area contributed by atoms with Crippen LogP contribution in [-0.4, -0.2) is 38.9 Å². The highest BCUT2D eigenvalue weighted by atomic mass is 16.3. The molecule has 158 valence electrons. The molecule has 1 aliphatic rings. The number of nitrogens with zero attached hydrogens (tertiary/aromatic N) is 2. The lowest BCUT2D eigenvalue weighted by Gasteiger charge is -2.52. The molecule has 29 heavy (non-hydrogen) atoms. The maximum absolute atomic E-state index is 11.7. The maximum atomic E-state index is 11.7. The van der Waals surface area contributed by atoms with Gasteiger partial charge < -0.3 is 20.2 Å². The first-order valence-electron chi connectivity index (χ1n) is 10.7. The molecular formula is C25H37N3O. The second kappa shape index (κ2) is 8.37. The van der Waals surface area contributed by atoms with E-state index in [0.717, 1.165) is 6.42 Å². The Morgan fingerprint density at radius 2 is 1.10 bits per heavy atom. The minimum absolute atomic E-state index is 0.103. The topological polar surface area (TPSA) is 38.7 Å². The zero-order valence-corrected chi connectivity index (χ0v) is 19.0. The molecule has 0 unspecified atom stereocenters. The molecule has 1 fully saturated rings. The highest BCUT2D eigenvalue weighted by Crippen LogP contribution is 2.48. The van der Waals surface area contributed by atoms with Gasteiger partial charge in [-0.15, -0.1) is 0 Å². The van der Waals surface area contributed by atoms with Gasteiger partial charge in [0.05, 0.1) is 5.60 Å². The maximum Gasteiger partial charge on any atom is 0.0732 e. The first-order valence-corrected chi connectivity index (χ1v) is 10.7. The number of aliphatic hydroxyl groups is 1. The van der Waals surface area contributed by atoms with E-state index < -0.39 is 5.60 Å². The Morgan fingerprint density at radius 3 is 1.38 bits per heavy atom. The van der Waals surface area contributed by atoms with Gasteiger partial charge >= 0.3 is 0 Å². The van der Waals surface area contributed by atoms with Gasteiger partial charge in [0, 0.05) is 63.5 Å². The van der Waals surface area contributed by atoms with Crippen molar-refractivity contribution in [3.63, 3.8) is 0 Å². The second-order valence-electron chi connectivity index (χ2n) is 9.02. The molecule has 0 radical (unpaired) electrons. The summed E-state index contributed by atoms with van der Waals surface area (Å²) in [6.45, 7) is 6.47. The summed E-state index contributed by atoms with van der Waals surface area (Å²) in [7, 11) is 8.23.